The van der Waals surface area contributed by atoms with E-state index in [4.69, 9.17) is 4.74 Å². The average molecular weight is 239 g/mol. The molecule has 0 rings (SSSR count). The van der Waals surface area contributed by atoms with Crippen LogP contribution in [0.1, 0.15) is 34.1 Å². The van der Waals surface area contributed by atoms with Crippen molar-refractivity contribution < 1.29 is 23.4 Å². The Kier molecular flexibility index (Phi) is 5.12. The predicted octanol–water partition coefficient (Wildman–Crippen LogP) is 1.92. The fraction of sp³-hybridized carbons (Fsp3) is 0.900. The Bertz CT molecular complexity index is 233. The number of carbonyl (C=O) groups excluding carboxylic acids is 1. The second-order valence-corrected chi connectivity index (χ2v) is 4.81. The smallest absolute Gasteiger partial charge is 0.407 e. The Morgan fingerprint density at radius 3 is 2.25 bits per heavy atom. The van der Waals surface area contributed by atoms with Gasteiger partial charge in [0.15, 0.2) is 0 Å². The third-order valence-corrected chi connectivity index (χ3v) is 1.47. The number of nitrogens with one attached hydrogen (secondary N) is 1. The van der Waals surface area contributed by atoms with E-state index in [1.165, 1.54) is 0 Å². The molecule has 0 spiro atoms. The molecule has 0 aromatic rings. The Morgan fingerprint density at radius 2 is 1.88 bits per heavy atom. The standard InChI is InChI=1S/C10H19F2NO3/c1-9(2,3)16-8(15)13-6-7(14)5-10(4,11)12/h7,14H,5-6H2,1-4H3,(H,13,15). The van der Waals surface area contributed by atoms with E-state index in [9.17, 15) is 18.7 Å². The molecule has 0 aliphatic heterocycles. The van der Waals surface area contributed by atoms with E-state index in [0.29, 0.717) is 6.92 Å². The van der Waals surface area contributed by atoms with Gasteiger partial charge in [0, 0.05) is 13.0 Å². The van der Waals surface area contributed by atoms with Crippen LogP contribution in [0.4, 0.5) is 13.6 Å². The number of alkyl halides is 2. The van der Waals surface area contributed by atoms with E-state index < -0.39 is 30.1 Å². The number of aliphatic hydroxyl groups is 1. The van der Waals surface area contributed by atoms with Crippen LogP contribution in [0.15, 0.2) is 0 Å². The first-order valence-electron chi connectivity index (χ1n) is 5.02. The van der Waals surface area contributed by atoms with Gasteiger partial charge in [-0.3, -0.25) is 0 Å². The van der Waals surface area contributed by atoms with Crippen molar-refractivity contribution in [1.82, 2.24) is 5.32 Å². The molecule has 0 heterocycles. The summed E-state index contributed by atoms with van der Waals surface area (Å²) >= 11 is 0. The minimum absolute atomic E-state index is 0.252. The Labute approximate surface area is 94.0 Å². The molecule has 1 unspecified atom stereocenters. The maximum Gasteiger partial charge on any atom is 0.407 e. The van der Waals surface area contributed by atoms with Crippen molar-refractivity contribution in [2.45, 2.75) is 51.7 Å². The number of alkyl carbamates (subject to hydrolysis) is 1. The van der Waals surface area contributed by atoms with Crippen molar-refractivity contribution in [3.63, 3.8) is 0 Å². The van der Waals surface area contributed by atoms with Gasteiger partial charge in [-0.2, -0.15) is 0 Å². The minimum Gasteiger partial charge on any atom is -0.444 e. The summed E-state index contributed by atoms with van der Waals surface area (Å²) in [7, 11) is 0. The molecule has 1 amide bonds. The van der Waals surface area contributed by atoms with Crippen LogP contribution in [0.5, 0.6) is 0 Å². The van der Waals surface area contributed by atoms with Crippen LogP contribution in [0.25, 0.3) is 0 Å². The maximum absolute atomic E-state index is 12.5. The number of hydrogen-bond acceptors (Lipinski definition) is 3. The predicted molar refractivity (Wildman–Crippen MR) is 55.5 cm³/mol. The van der Waals surface area contributed by atoms with E-state index in [1.54, 1.807) is 20.8 Å². The van der Waals surface area contributed by atoms with Gasteiger partial charge in [-0.1, -0.05) is 0 Å². The summed E-state index contributed by atoms with van der Waals surface area (Å²) in [5.41, 5.74) is -0.649. The van der Waals surface area contributed by atoms with Crippen molar-refractivity contribution in [3.8, 4) is 0 Å². The lowest BCUT2D eigenvalue weighted by Gasteiger charge is -2.21. The molecule has 0 saturated carbocycles. The third-order valence-electron chi connectivity index (χ3n) is 1.47. The van der Waals surface area contributed by atoms with E-state index in [0.717, 1.165) is 0 Å². The van der Waals surface area contributed by atoms with Gasteiger partial charge >= 0.3 is 6.09 Å². The lowest BCUT2D eigenvalue weighted by molar-refractivity contribution is -0.0280. The molecule has 0 fully saturated rings. The molecule has 0 aromatic carbocycles. The normalized spacial score (nSPS) is 14.4. The summed E-state index contributed by atoms with van der Waals surface area (Å²) < 4.78 is 29.8. The molecule has 0 aromatic heterocycles. The first-order valence-corrected chi connectivity index (χ1v) is 5.02. The number of hydrogen-bond donors (Lipinski definition) is 2. The molecule has 96 valence electrons. The molecule has 16 heavy (non-hydrogen) atoms. The number of carbonyl (C=O) groups is 1. The molecule has 2 N–H and O–H groups in total. The van der Waals surface area contributed by atoms with Crippen molar-refractivity contribution in [3.05, 3.63) is 0 Å². The summed E-state index contributed by atoms with van der Waals surface area (Å²) in [6, 6.07) is 0. The zero-order valence-corrected chi connectivity index (χ0v) is 10.0. The van der Waals surface area contributed by atoms with E-state index in [-0.39, 0.29) is 6.54 Å². The maximum atomic E-state index is 12.5. The van der Waals surface area contributed by atoms with Gasteiger partial charge in [0.05, 0.1) is 6.10 Å². The van der Waals surface area contributed by atoms with Gasteiger partial charge in [0.25, 0.3) is 0 Å². The van der Waals surface area contributed by atoms with E-state index in [2.05, 4.69) is 5.32 Å². The van der Waals surface area contributed by atoms with Gasteiger partial charge in [-0.25, -0.2) is 13.6 Å². The second-order valence-electron chi connectivity index (χ2n) is 4.81. The molecule has 0 aliphatic rings. The first-order chi connectivity index (χ1) is 6.99. The van der Waals surface area contributed by atoms with Crippen LogP contribution in [0.3, 0.4) is 0 Å². The average Bonchev–Trinajstić information content (AvgIpc) is 1.94. The zero-order valence-electron chi connectivity index (χ0n) is 10.0. The quantitative estimate of drug-likeness (QED) is 0.788. The lowest BCUT2D eigenvalue weighted by Crippen LogP contribution is -2.38. The highest BCUT2D eigenvalue weighted by molar-refractivity contribution is 5.67. The Hall–Kier alpha value is -0.910. The van der Waals surface area contributed by atoms with Gasteiger partial charge in [0.1, 0.15) is 5.60 Å². The van der Waals surface area contributed by atoms with Crippen molar-refractivity contribution in [2.24, 2.45) is 0 Å². The Morgan fingerprint density at radius 1 is 1.38 bits per heavy atom. The summed E-state index contributed by atoms with van der Waals surface area (Å²) in [4.78, 5) is 11.1. The van der Waals surface area contributed by atoms with Gasteiger partial charge in [0.2, 0.25) is 5.92 Å². The fourth-order valence-electron chi connectivity index (χ4n) is 1.00. The molecule has 0 radical (unpaired) electrons. The minimum atomic E-state index is -2.95. The topological polar surface area (TPSA) is 58.6 Å². The monoisotopic (exact) mass is 239 g/mol. The summed E-state index contributed by atoms with van der Waals surface area (Å²) in [5.74, 6) is -2.95. The number of aliphatic hydroxyl groups excluding tert-OH is 1. The molecule has 1 atom stereocenters. The number of amides is 1. The highest BCUT2D eigenvalue weighted by Crippen LogP contribution is 2.18. The summed E-state index contributed by atoms with van der Waals surface area (Å²) in [5, 5.41) is 11.4. The van der Waals surface area contributed by atoms with Crippen LogP contribution >= 0.6 is 0 Å². The van der Waals surface area contributed by atoms with Crippen LogP contribution in [-0.4, -0.2) is 35.4 Å². The van der Waals surface area contributed by atoms with Crippen LogP contribution in [-0.2, 0) is 4.74 Å². The molecule has 4 nitrogen and oxygen atoms in total. The third kappa shape index (κ3) is 9.64. The number of ether oxygens (including phenoxy) is 1. The van der Waals surface area contributed by atoms with Gasteiger partial charge in [-0.15, -0.1) is 0 Å². The van der Waals surface area contributed by atoms with Crippen LogP contribution < -0.4 is 5.32 Å². The van der Waals surface area contributed by atoms with Crippen molar-refractivity contribution >= 4 is 6.09 Å². The largest absolute Gasteiger partial charge is 0.444 e. The van der Waals surface area contributed by atoms with Crippen molar-refractivity contribution in [1.29, 1.82) is 0 Å². The fourth-order valence-corrected chi connectivity index (χ4v) is 1.00. The van der Waals surface area contributed by atoms with Crippen LogP contribution in [0.2, 0.25) is 0 Å². The lowest BCUT2D eigenvalue weighted by atomic mass is 10.1. The number of rotatable bonds is 4. The SMILES string of the molecule is CC(F)(F)CC(O)CNC(=O)OC(C)(C)C. The molecule has 0 bridgehead atoms. The zero-order chi connectivity index (χ0) is 13.0. The Balaban J connectivity index is 3.85. The number of halogens is 2. The highest BCUT2D eigenvalue weighted by atomic mass is 19.3. The van der Waals surface area contributed by atoms with Gasteiger partial charge < -0.3 is 15.2 Å². The highest BCUT2D eigenvalue weighted by Gasteiger charge is 2.26. The summed E-state index contributed by atoms with van der Waals surface area (Å²) in [6.07, 6.45) is -2.71. The summed E-state index contributed by atoms with van der Waals surface area (Å²) in [6.45, 7) is 5.51. The molecule has 0 saturated heterocycles. The van der Waals surface area contributed by atoms with E-state index >= 15 is 0 Å². The molecule has 6 heteroatoms. The van der Waals surface area contributed by atoms with Gasteiger partial charge in [-0.05, 0) is 27.7 Å². The van der Waals surface area contributed by atoms with E-state index in [1.807, 2.05) is 0 Å². The van der Waals surface area contributed by atoms with Crippen molar-refractivity contribution in [2.75, 3.05) is 6.54 Å². The molecule has 0 aliphatic carbocycles. The van der Waals surface area contributed by atoms with Crippen LogP contribution in [0, 0.1) is 0 Å². The molecular weight excluding hydrogens is 220 g/mol. The first kappa shape index (κ1) is 15.1. The molecular formula is C10H19F2NO3. The second kappa shape index (κ2) is 5.43.